The van der Waals surface area contributed by atoms with Crippen LogP contribution in [-0.2, 0) is 20.9 Å². The normalized spacial score (nSPS) is 22.4. The van der Waals surface area contributed by atoms with Gasteiger partial charge in [0.25, 0.3) is 0 Å². The maximum atomic E-state index is 13.2. The number of methoxy groups -OCH3 is 1. The summed E-state index contributed by atoms with van der Waals surface area (Å²) in [5.41, 5.74) is 1.52. The van der Waals surface area contributed by atoms with E-state index in [2.05, 4.69) is 5.32 Å². The third kappa shape index (κ3) is 5.83. The maximum absolute atomic E-state index is 13.2. The van der Waals surface area contributed by atoms with Gasteiger partial charge in [-0.25, -0.2) is 0 Å². The number of hydrogen-bond acceptors (Lipinski definition) is 8. The second-order valence-electron chi connectivity index (χ2n) is 9.23. The molecule has 0 bridgehead atoms. The first-order chi connectivity index (χ1) is 17.3. The van der Waals surface area contributed by atoms with E-state index >= 15 is 0 Å². The van der Waals surface area contributed by atoms with Crippen LogP contribution in [0, 0.1) is 0 Å². The van der Waals surface area contributed by atoms with Gasteiger partial charge in [0.1, 0.15) is 12.2 Å². The summed E-state index contributed by atoms with van der Waals surface area (Å²) in [5, 5.41) is 33.1. The van der Waals surface area contributed by atoms with Crippen molar-refractivity contribution in [1.29, 1.82) is 0 Å². The van der Waals surface area contributed by atoms with Crippen molar-refractivity contribution in [3.05, 3.63) is 34.9 Å². The first-order valence-corrected chi connectivity index (χ1v) is 12.5. The Morgan fingerprint density at radius 1 is 1.25 bits per heavy atom. The van der Waals surface area contributed by atoms with Gasteiger partial charge in [-0.15, -0.1) is 0 Å². The molecule has 1 aliphatic heterocycles. The lowest BCUT2D eigenvalue weighted by Gasteiger charge is -2.40. The summed E-state index contributed by atoms with van der Waals surface area (Å²) in [6.07, 6.45) is 0.512. The minimum atomic E-state index is -1.12. The zero-order valence-electron chi connectivity index (χ0n) is 21.4. The van der Waals surface area contributed by atoms with Gasteiger partial charge in [0.05, 0.1) is 38.4 Å². The van der Waals surface area contributed by atoms with Crippen LogP contribution in [0.25, 0.3) is 0 Å². The monoisotopic (exact) mass is 506 g/mol. The summed E-state index contributed by atoms with van der Waals surface area (Å²) in [4.78, 5) is 27.8. The van der Waals surface area contributed by atoms with Crippen molar-refractivity contribution in [2.75, 3.05) is 33.4 Å². The summed E-state index contributed by atoms with van der Waals surface area (Å²) >= 11 is 0. The second kappa shape index (κ2) is 12.5. The molecule has 4 unspecified atom stereocenters. The molecule has 2 amide bonds. The lowest BCUT2D eigenvalue weighted by Crippen LogP contribution is -2.56. The number of rotatable bonds is 12. The number of hydrogen-bond donors (Lipinski definition) is 4. The van der Waals surface area contributed by atoms with Gasteiger partial charge in [0.2, 0.25) is 11.8 Å². The zero-order valence-corrected chi connectivity index (χ0v) is 21.4. The van der Waals surface area contributed by atoms with E-state index in [4.69, 9.17) is 14.2 Å². The smallest absolute Gasteiger partial charge is 0.247 e. The van der Waals surface area contributed by atoms with E-state index in [1.165, 1.54) is 7.11 Å². The second-order valence-corrected chi connectivity index (χ2v) is 9.23. The highest BCUT2D eigenvalue weighted by Gasteiger charge is 2.51. The lowest BCUT2D eigenvalue weighted by atomic mass is 9.77. The zero-order chi connectivity index (χ0) is 26.4. The number of aliphatic hydroxyl groups excluding tert-OH is 3. The number of amides is 2. The molecule has 3 rings (SSSR count). The molecule has 10 nitrogen and oxygen atoms in total. The number of ether oxygens (including phenoxy) is 3. The van der Waals surface area contributed by atoms with Crippen LogP contribution >= 0.6 is 0 Å². The average molecular weight is 507 g/mol. The predicted octanol–water partition coefficient (Wildman–Crippen LogP) is 0.864. The molecular weight excluding hydrogens is 468 g/mol. The van der Waals surface area contributed by atoms with Gasteiger partial charge in [-0.1, -0.05) is 6.92 Å². The van der Waals surface area contributed by atoms with Crippen LogP contribution < -0.4 is 14.8 Å². The molecule has 0 saturated carbocycles. The van der Waals surface area contributed by atoms with E-state index in [0.29, 0.717) is 47.8 Å². The van der Waals surface area contributed by atoms with Crippen molar-refractivity contribution in [2.24, 2.45) is 0 Å². The van der Waals surface area contributed by atoms with E-state index in [9.17, 15) is 24.9 Å². The Morgan fingerprint density at radius 3 is 2.61 bits per heavy atom. The fraction of sp³-hybridized carbons (Fsp3) is 0.615. The topological polar surface area (TPSA) is 138 Å². The fourth-order valence-electron chi connectivity index (χ4n) is 4.82. The molecule has 4 N–H and O–H groups in total. The molecule has 1 aromatic carbocycles. The highest BCUT2D eigenvalue weighted by molar-refractivity contribution is 5.96. The molecule has 0 saturated heterocycles. The highest BCUT2D eigenvalue weighted by Crippen LogP contribution is 2.51. The summed E-state index contributed by atoms with van der Waals surface area (Å²) in [6, 6.07) is 2.59. The highest BCUT2D eigenvalue weighted by atomic mass is 16.5. The molecule has 0 fully saturated rings. The Kier molecular flexibility index (Phi) is 9.72. The number of carbonyl (C=O) groups excluding carboxylic acids is 2. The summed E-state index contributed by atoms with van der Waals surface area (Å²) in [5.74, 6) is -0.453. The first kappa shape index (κ1) is 27.9. The molecule has 1 heterocycles. The minimum Gasteiger partial charge on any atom is -0.493 e. The van der Waals surface area contributed by atoms with Crippen LogP contribution in [0.2, 0.25) is 0 Å². The van der Waals surface area contributed by atoms with Crippen LogP contribution in [0.15, 0.2) is 23.8 Å². The van der Waals surface area contributed by atoms with Gasteiger partial charge in [-0.3, -0.25) is 9.59 Å². The van der Waals surface area contributed by atoms with E-state index in [-0.39, 0.29) is 38.2 Å². The molecule has 2 aliphatic rings. The molecule has 200 valence electrons. The number of aliphatic hydroxyl groups is 3. The molecule has 10 heteroatoms. The van der Waals surface area contributed by atoms with Crippen LogP contribution in [0.5, 0.6) is 11.5 Å². The van der Waals surface area contributed by atoms with Crippen molar-refractivity contribution in [1.82, 2.24) is 10.2 Å². The molecule has 1 aromatic rings. The van der Waals surface area contributed by atoms with Gasteiger partial charge in [0.15, 0.2) is 11.5 Å². The number of carbonyl (C=O) groups is 2. The maximum Gasteiger partial charge on any atom is 0.247 e. The van der Waals surface area contributed by atoms with Crippen LogP contribution in [0.1, 0.15) is 50.7 Å². The molecular formula is C26H38N2O8. The van der Waals surface area contributed by atoms with Crippen molar-refractivity contribution in [3.8, 4) is 11.5 Å². The molecule has 1 aliphatic carbocycles. The van der Waals surface area contributed by atoms with Crippen LogP contribution in [-0.4, -0.2) is 89.8 Å². The Balaban J connectivity index is 2.03. The van der Waals surface area contributed by atoms with E-state index in [1.807, 2.05) is 13.8 Å². The van der Waals surface area contributed by atoms with Gasteiger partial charge in [-0.2, -0.15) is 0 Å². The molecule has 4 atom stereocenters. The van der Waals surface area contributed by atoms with Crippen molar-refractivity contribution in [2.45, 2.75) is 70.5 Å². The van der Waals surface area contributed by atoms with Crippen LogP contribution in [0.3, 0.4) is 0 Å². The van der Waals surface area contributed by atoms with E-state index in [1.54, 1.807) is 30.0 Å². The Bertz CT molecular complexity index is 964. The van der Waals surface area contributed by atoms with Crippen molar-refractivity contribution >= 4 is 11.8 Å². The molecule has 36 heavy (non-hydrogen) atoms. The number of nitrogens with zero attached hydrogens (tertiary/aromatic N) is 1. The minimum absolute atomic E-state index is 0.0542. The van der Waals surface area contributed by atoms with Crippen molar-refractivity contribution < 1.29 is 39.1 Å². The molecule has 0 radical (unpaired) electrons. The third-order valence-electron chi connectivity index (χ3n) is 6.47. The van der Waals surface area contributed by atoms with Gasteiger partial charge >= 0.3 is 0 Å². The summed E-state index contributed by atoms with van der Waals surface area (Å²) < 4.78 is 17.3. The Labute approximate surface area is 211 Å². The lowest BCUT2D eigenvalue weighted by molar-refractivity contribution is -0.137. The van der Waals surface area contributed by atoms with Gasteiger partial charge < -0.3 is 39.7 Å². The third-order valence-corrected chi connectivity index (χ3v) is 6.47. The number of benzene rings is 1. The average Bonchev–Trinajstić information content (AvgIpc) is 3.26. The predicted molar refractivity (Wildman–Crippen MR) is 132 cm³/mol. The molecule has 0 spiro atoms. The summed E-state index contributed by atoms with van der Waals surface area (Å²) in [6.45, 7) is 6.00. The largest absolute Gasteiger partial charge is 0.493 e. The first-order valence-electron chi connectivity index (χ1n) is 12.5. The Hall–Kier alpha value is -2.66. The van der Waals surface area contributed by atoms with Gasteiger partial charge in [0, 0.05) is 37.3 Å². The van der Waals surface area contributed by atoms with Gasteiger partial charge in [-0.05, 0) is 44.0 Å². The number of nitrogens with one attached hydrogen (secondary N) is 1. The van der Waals surface area contributed by atoms with E-state index in [0.717, 1.165) is 0 Å². The summed E-state index contributed by atoms with van der Waals surface area (Å²) in [7, 11) is 1.48. The Morgan fingerprint density at radius 2 is 2.00 bits per heavy atom. The standard InChI is InChI=1S/C26H38N2O8/c1-5-21(31)28(8-6-10-35-15(2)3)19-13-18(26(33)27-7-9-29)22-17-11-16(14-30)12-20(34-4)24(17)36-25(22)23(19)32/h11-13,15,19,22-23,25,29-30,32H,5-10,14H2,1-4H3,(H,27,33). The van der Waals surface area contributed by atoms with E-state index < -0.39 is 30.1 Å². The molecule has 0 aromatic heterocycles. The fourth-order valence-corrected chi connectivity index (χ4v) is 4.82. The number of fused-ring (bicyclic) bond motifs is 3. The van der Waals surface area contributed by atoms with Crippen molar-refractivity contribution in [3.63, 3.8) is 0 Å². The quantitative estimate of drug-likeness (QED) is 0.307. The van der Waals surface area contributed by atoms with Crippen LogP contribution in [0.4, 0.5) is 0 Å². The SMILES string of the molecule is CCC(=O)N(CCCOC(C)C)C1C=C(C(=O)NCCO)C2c3cc(CO)cc(OC)c3OC2C1O.